The number of halogens is 1. The van der Waals surface area contributed by atoms with Gasteiger partial charge in [-0.2, -0.15) is 0 Å². The van der Waals surface area contributed by atoms with Crippen molar-refractivity contribution in [3.05, 3.63) is 58.9 Å². The molecule has 0 radical (unpaired) electrons. The van der Waals surface area contributed by atoms with E-state index in [4.69, 9.17) is 0 Å². The van der Waals surface area contributed by atoms with Crippen LogP contribution in [-0.2, 0) is 0 Å². The number of nitrogens with one attached hydrogen (secondary N) is 1. The van der Waals surface area contributed by atoms with Gasteiger partial charge in [-0.25, -0.2) is 9.37 Å². The second-order valence-electron chi connectivity index (χ2n) is 4.82. The number of benzene rings is 2. The number of anilines is 1. The van der Waals surface area contributed by atoms with Crippen LogP contribution in [0.2, 0.25) is 0 Å². The number of nitrogens with zero attached hydrogens (tertiary/aromatic N) is 1. The summed E-state index contributed by atoms with van der Waals surface area (Å²) in [6.45, 7) is 3.90. The van der Waals surface area contributed by atoms with Crippen molar-refractivity contribution >= 4 is 27.2 Å². The van der Waals surface area contributed by atoms with Crippen LogP contribution < -0.4 is 5.32 Å². The Morgan fingerprint density at radius 1 is 1.15 bits per heavy atom. The molecule has 0 saturated heterocycles. The lowest BCUT2D eigenvalue weighted by Gasteiger charge is -2.15. The summed E-state index contributed by atoms with van der Waals surface area (Å²) < 4.78 is 15.0. The van der Waals surface area contributed by atoms with E-state index in [1.54, 1.807) is 17.4 Å². The zero-order valence-corrected chi connectivity index (χ0v) is 12.2. The van der Waals surface area contributed by atoms with E-state index in [1.807, 2.05) is 38.1 Å². The number of fused-ring (bicyclic) bond motifs is 1. The molecule has 0 aliphatic carbocycles. The Morgan fingerprint density at radius 2 is 1.95 bits per heavy atom. The number of thiazole rings is 1. The summed E-state index contributed by atoms with van der Waals surface area (Å²) in [6, 6.07) is 13.1. The lowest BCUT2D eigenvalue weighted by Crippen LogP contribution is -2.08. The van der Waals surface area contributed by atoms with Crippen molar-refractivity contribution in [3.8, 4) is 0 Å². The van der Waals surface area contributed by atoms with Crippen molar-refractivity contribution in [2.24, 2.45) is 0 Å². The lowest BCUT2D eigenvalue weighted by molar-refractivity contribution is 0.626. The van der Waals surface area contributed by atoms with Gasteiger partial charge in [-0.05, 0) is 37.6 Å². The van der Waals surface area contributed by atoms with E-state index in [-0.39, 0.29) is 11.9 Å². The van der Waals surface area contributed by atoms with Gasteiger partial charge in [0.25, 0.3) is 0 Å². The van der Waals surface area contributed by atoms with E-state index in [9.17, 15) is 4.39 Å². The number of hydrogen-bond acceptors (Lipinski definition) is 3. The molecule has 0 aliphatic rings. The fourth-order valence-electron chi connectivity index (χ4n) is 2.17. The third-order valence-corrected chi connectivity index (χ3v) is 4.48. The summed E-state index contributed by atoms with van der Waals surface area (Å²) in [5.41, 5.74) is 2.45. The van der Waals surface area contributed by atoms with Gasteiger partial charge in [-0.15, -0.1) is 11.3 Å². The van der Waals surface area contributed by atoms with Crippen LogP contribution in [0.1, 0.15) is 23.5 Å². The third kappa shape index (κ3) is 2.39. The van der Waals surface area contributed by atoms with Gasteiger partial charge in [-0.3, -0.25) is 0 Å². The molecule has 1 heterocycles. The van der Waals surface area contributed by atoms with E-state index >= 15 is 0 Å². The van der Waals surface area contributed by atoms with Crippen LogP contribution in [0.25, 0.3) is 10.2 Å². The molecule has 2 nitrogen and oxygen atoms in total. The van der Waals surface area contributed by atoms with Crippen molar-refractivity contribution in [2.75, 3.05) is 5.32 Å². The molecule has 20 heavy (non-hydrogen) atoms. The number of rotatable bonds is 3. The SMILES string of the molecule is Cc1cccc(F)c1NC(C)c1nc2ccccc2s1. The maximum Gasteiger partial charge on any atom is 0.146 e. The number of aromatic nitrogens is 1. The molecule has 102 valence electrons. The highest BCUT2D eigenvalue weighted by molar-refractivity contribution is 7.18. The maximum absolute atomic E-state index is 13.9. The highest BCUT2D eigenvalue weighted by Gasteiger charge is 2.14. The van der Waals surface area contributed by atoms with Gasteiger partial charge in [0.15, 0.2) is 0 Å². The first kappa shape index (κ1) is 13.1. The second-order valence-corrected chi connectivity index (χ2v) is 5.88. The molecule has 3 rings (SSSR count). The minimum absolute atomic E-state index is 0.0250. The molecule has 0 bridgehead atoms. The van der Waals surface area contributed by atoms with Gasteiger partial charge in [-0.1, -0.05) is 24.3 Å². The number of aryl methyl sites for hydroxylation is 1. The van der Waals surface area contributed by atoms with Gasteiger partial charge in [0, 0.05) is 0 Å². The summed E-state index contributed by atoms with van der Waals surface area (Å²) in [6.07, 6.45) is 0. The highest BCUT2D eigenvalue weighted by atomic mass is 32.1. The summed E-state index contributed by atoms with van der Waals surface area (Å²) in [4.78, 5) is 4.60. The Kier molecular flexibility index (Phi) is 3.40. The molecule has 0 aliphatic heterocycles. The average Bonchev–Trinajstić information content (AvgIpc) is 2.87. The van der Waals surface area contributed by atoms with Gasteiger partial charge < -0.3 is 5.32 Å². The Labute approximate surface area is 121 Å². The predicted molar refractivity (Wildman–Crippen MR) is 82.8 cm³/mol. The van der Waals surface area contributed by atoms with Crippen molar-refractivity contribution < 1.29 is 4.39 Å². The molecule has 1 unspecified atom stereocenters. The second kappa shape index (κ2) is 5.21. The molecular weight excluding hydrogens is 271 g/mol. The molecule has 2 aromatic carbocycles. The molecule has 0 spiro atoms. The Bertz CT molecular complexity index is 698. The molecule has 4 heteroatoms. The quantitative estimate of drug-likeness (QED) is 0.739. The molecule has 0 fully saturated rings. The van der Waals surface area contributed by atoms with E-state index in [2.05, 4.69) is 16.4 Å². The molecule has 1 N–H and O–H groups in total. The van der Waals surface area contributed by atoms with E-state index in [1.165, 1.54) is 6.07 Å². The van der Waals surface area contributed by atoms with Gasteiger partial charge in [0.2, 0.25) is 0 Å². The Morgan fingerprint density at radius 3 is 2.70 bits per heavy atom. The van der Waals surface area contributed by atoms with E-state index in [0.29, 0.717) is 5.69 Å². The standard InChI is InChI=1S/C16H15FN2S/c1-10-6-5-7-12(17)15(10)18-11(2)16-19-13-8-3-4-9-14(13)20-16/h3-9,11,18H,1-2H3. The number of para-hydroxylation sites is 2. The summed E-state index contributed by atoms with van der Waals surface area (Å²) in [5.74, 6) is -0.224. The van der Waals surface area contributed by atoms with Crippen molar-refractivity contribution in [1.82, 2.24) is 4.98 Å². The molecular formula is C16H15FN2S. The van der Waals surface area contributed by atoms with Crippen LogP contribution in [0, 0.1) is 12.7 Å². The predicted octanol–water partition coefficient (Wildman–Crippen LogP) is 4.92. The molecule has 1 aromatic heterocycles. The Balaban J connectivity index is 1.91. The van der Waals surface area contributed by atoms with Crippen LogP contribution in [0.5, 0.6) is 0 Å². The van der Waals surface area contributed by atoms with E-state index < -0.39 is 0 Å². The van der Waals surface area contributed by atoms with Crippen LogP contribution >= 0.6 is 11.3 Å². The van der Waals surface area contributed by atoms with E-state index in [0.717, 1.165) is 20.8 Å². The monoisotopic (exact) mass is 286 g/mol. The highest BCUT2D eigenvalue weighted by Crippen LogP contribution is 2.30. The normalized spacial score (nSPS) is 12.6. The molecule has 0 saturated carbocycles. The first-order chi connectivity index (χ1) is 9.65. The topological polar surface area (TPSA) is 24.9 Å². The van der Waals surface area contributed by atoms with Crippen LogP contribution in [0.15, 0.2) is 42.5 Å². The lowest BCUT2D eigenvalue weighted by atomic mass is 10.2. The average molecular weight is 286 g/mol. The van der Waals surface area contributed by atoms with Gasteiger partial charge in [0.1, 0.15) is 10.8 Å². The molecule has 0 amide bonds. The smallest absolute Gasteiger partial charge is 0.146 e. The van der Waals surface area contributed by atoms with Crippen molar-refractivity contribution in [1.29, 1.82) is 0 Å². The summed E-state index contributed by atoms with van der Waals surface area (Å²) in [7, 11) is 0. The van der Waals surface area contributed by atoms with Gasteiger partial charge >= 0.3 is 0 Å². The first-order valence-electron chi connectivity index (χ1n) is 6.52. The van der Waals surface area contributed by atoms with Crippen LogP contribution in [0.3, 0.4) is 0 Å². The first-order valence-corrected chi connectivity index (χ1v) is 7.34. The molecule has 3 aromatic rings. The minimum Gasteiger partial charge on any atom is -0.374 e. The van der Waals surface area contributed by atoms with Crippen molar-refractivity contribution in [3.63, 3.8) is 0 Å². The Hall–Kier alpha value is -1.94. The fraction of sp³-hybridized carbons (Fsp3) is 0.188. The number of hydrogen-bond donors (Lipinski definition) is 1. The molecule has 1 atom stereocenters. The zero-order chi connectivity index (χ0) is 14.1. The van der Waals surface area contributed by atoms with Crippen molar-refractivity contribution in [2.45, 2.75) is 19.9 Å². The minimum atomic E-state index is -0.224. The van der Waals surface area contributed by atoms with Gasteiger partial charge in [0.05, 0.1) is 21.9 Å². The largest absolute Gasteiger partial charge is 0.374 e. The maximum atomic E-state index is 13.9. The van der Waals surface area contributed by atoms with Crippen LogP contribution in [0.4, 0.5) is 10.1 Å². The summed E-state index contributed by atoms with van der Waals surface area (Å²) in [5, 5.41) is 4.20. The summed E-state index contributed by atoms with van der Waals surface area (Å²) >= 11 is 1.64. The van der Waals surface area contributed by atoms with Crippen LogP contribution in [-0.4, -0.2) is 4.98 Å². The zero-order valence-electron chi connectivity index (χ0n) is 11.4. The fourth-order valence-corrected chi connectivity index (χ4v) is 3.14. The third-order valence-electron chi connectivity index (χ3n) is 3.26.